The zero-order valence-electron chi connectivity index (χ0n) is 12.0. The minimum atomic E-state index is 0.351. The molecule has 4 heteroatoms. The summed E-state index contributed by atoms with van der Waals surface area (Å²) in [6, 6.07) is 15.1. The summed E-state index contributed by atoms with van der Waals surface area (Å²) >= 11 is 0. The van der Waals surface area contributed by atoms with E-state index in [1.807, 2.05) is 37.3 Å². The zero-order valence-corrected chi connectivity index (χ0v) is 12.0. The highest BCUT2D eigenvalue weighted by atomic mass is 16.5. The van der Waals surface area contributed by atoms with E-state index in [1.165, 1.54) is 0 Å². The molecular formula is C17H16N2O2. The van der Waals surface area contributed by atoms with Crippen LogP contribution in [0.4, 0.5) is 0 Å². The molecule has 0 fully saturated rings. The monoisotopic (exact) mass is 280 g/mol. The Morgan fingerprint density at radius 3 is 2.81 bits per heavy atom. The van der Waals surface area contributed by atoms with Crippen LogP contribution in [0.1, 0.15) is 29.2 Å². The van der Waals surface area contributed by atoms with Gasteiger partial charge >= 0.3 is 0 Å². The van der Waals surface area contributed by atoms with Crippen LogP contribution < -0.4 is 4.74 Å². The highest BCUT2D eigenvalue weighted by molar-refractivity contribution is 6.00. The Balaban J connectivity index is 2.22. The van der Waals surface area contributed by atoms with Crippen molar-refractivity contribution in [1.29, 1.82) is 5.26 Å². The van der Waals surface area contributed by atoms with Crippen LogP contribution in [-0.2, 0) is 6.61 Å². The molecule has 4 nitrogen and oxygen atoms in total. The Bertz CT molecular complexity index is 715. The number of hydrogen-bond acceptors (Lipinski definition) is 4. The minimum Gasteiger partial charge on any atom is -0.488 e. The van der Waals surface area contributed by atoms with E-state index in [-0.39, 0.29) is 0 Å². The molecule has 0 bridgehead atoms. The van der Waals surface area contributed by atoms with Crippen LogP contribution in [0.2, 0.25) is 0 Å². The maximum atomic E-state index is 8.95. The minimum absolute atomic E-state index is 0.351. The molecule has 106 valence electrons. The molecule has 0 heterocycles. The Kier molecular flexibility index (Phi) is 4.57. The Morgan fingerprint density at radius 2 is 2.10 bits per heavy atom. The van der Waals surface area contributed by atoms with Crippen molar-refractivity contribution in [2.75, 3.05) is 0 Å². The Hall–Kier alpha value is -2.80. The molecule has 1 N–H and O–H groups in total. The van der Waals surface area contributed by atoms with E-state index in [1.54, 1.807) is 19.1 Å². The van der Waals surface area contributed by atoms with E-state index in [0.29, 0.717) is 23.6 Å². The van der Waals surface area contributed by atoms with Crippen molar-refractivity contribution in [2.24, 2.45) is 5.16 Å². The second-order valence-corrected chi connectivity index (χ2v) is 4.79. The molecule has 0 unspecified atom stereocenters. The van der Waals surface area contributed by atoms with E-state index in [0.717, 1.165) is 16.7 Å². The highest BCUT2D eigenvalue weighted by Gasteiger charge is 2.08. The van der Waals surface area contributed by atoms with E-state index >= 15 is 0 Å². The van der Waals surface area contributed by atoms with Crippen molar-refractivity contribution >= 4 is 5.71 Å². The molecule has 0 amide bonds. The van der Waals surface area contributed by atoms with E-state index in [2.05, 4.69) is 11.2 Å². The van der Waals surface area contributed by atoms with Gasteiger partial charge in [-0.25, -0.2) is 0 Å². The van der Waals surface area contributed by atoms with Crippen LogP contribution in [0.5, 0.6) is 5.75 Å². The molecule has 2 aromatic carbocycles. The number of rotatable bonds is 4. The molecule has 0 aliphatic rings. The van der Waals surface area contributed by atoms with Gasteiger partial charge in [0, 0.05) is 5.56 Å². The fourth-order valence-corrected chi connectivity index (χ4v) is 2.00. The van der Waals surface area contributed by atoms with Crippen molar-refractivity contribution in [3.05, 3.63) is 64.7 Å². The topological polar surface area (TPSA) is 65.6 Å². The second-order valence-electron chi connectivity index (χ2n) is 4.79. The third-order valence-corrected chi connectivity index (χ3v) is 3.13. The second kappa shape index (κ2) is 6.58. The van der Waals surface area contributed by atoms with Crippen molar-refractivity contribution in [3.63, 3.8) is 0 Å². The summed E-state index contributed by atoms with van der Waals surface area (Å²) in [6.45, 7) is 4.04. The van der Waals surface area contributed by atoms with Gasteiger partial charge in [-0.2, -0.15) is 5.26 Å². The predicted octanol–water partition coefficient (Wildman–Crippen LogP) is 3.64. The smallest absolute Gasteiger partial charge is 0.128 e. The van der Waals surface area contributed by atoms with E-state index in [4.69, 9.17) is 15.2 Å². The van der Waals surface area contributed by atoms with Crippen LogP contribution in [0.3, 0.4) is 0 Å². The number of benzene rings is 2. The summed E-state index contributed by atoms with van der Waals surface area (Å²) in [5.41, 5.74) is 3.84. The summed E-state index contributed by atoms with van der Waals surface area (Å²) in [6.07, 6.45) is 0. The summed E-state index contributed by atoms with van der Waals surface area (Å²) in [4.78, 5) is 0. The third-order valence-electron chi connectivity index (χ3n) is 3.13. The molecule has 0 aromatic heterocycles. The molecule has 0 aliphatic heterocycles. The van der Waals surface area contributed by atoms with E-state index in [9.17, 15) is 0 Å². The predicted molar refractivity (Wildman–Crippen MR) is 80.7 cm³/mol. The van der Waals surface area contributed by atoms with Crippen LogP contribution in [0.25, 0.3) is 0 Å². The van der Waals surface area contributed by atoms with Crippen LogP contribution in [0, 0.1) is 18.3 Å². The molecule has 21 heavy (non-hydrogen) atoms. The lowest BCUT2D eigenvalue weighted by Crippen LogP contribution is -2.03. The molecule has 0 saturated carbocycles. The van der Waals surface area contributed by atoms with Crippen molar-refractivity contribution in [2.45, 2.75) is 20.5 Å². The first kappa shape index (κ1) is 14.6. The Labute approximate surface area is 123 Å². The third kappa shape index (κ3) is 3.61. The van der Waals surface area contributed by atoms with Gasteiger partial charge < -0.3 is 9.94 Å². The number of oxime groups is 1. The average molecular weight is 280 g/mol. The van der Waals surface area contributed by atoms with Gasteiger partial charge in [-0.1, -0.05) is 28.9 Å². The van der Waals surface area contributed by atoms with Gasteiger partial charge in [-0.15, -0.1) is 0 Å². The van der Waals surface area contributed by atoms with Crippen molar-refractivity contribution in [1.82, 2.24) is 0 Å². The van der Waals surface area contributed by atoms with Gasteiger partial charge in [0.15, 0.2) is 0 Å². The van der Waals surface area contributed by atoms with Gasteiger partial charge in [0.05, 0.1) is 17.3 Å². The summed E-state index contributed by atoms with van der Waals surface area (Å²) < 4.78 is 5.80. The number of ether oxygens (including phenoxy) is 1. The lowest BCUT2D eigenvalue weighted by Gasteiger charge is -2.12. The first-order valence-corrected chi connectivity index (χ1v) is 6.55. The number of aryl methyl sites for hydroxylation is 1. The van der Waals surface area contributed by atoms with Gasteiger partial charge in [-0.3, -0.25) is 0 Å². The van der Waals surface area contributed by atoms with Gasteiger partial charge in [0.1, 0.15) is 12.4 Å². The zero-order chi connectivity index (χ0) is 15.2. The fraction of sp³-hybridized carbons (Fsp3) is 0.176. The number of nitriles is 1. The summed E-state index contributed by atoms with van der Waals surface area (Å²) in [7, 11) is 0. The first-order chi connectivity index (χ1) is 10.1. The highest BCUT2D eigenvalue weighted by Crippen LogP contribution is 2.22. The fourth-order valence-electron chi connectivity index (χ4n) is 2.00. The van der Waals surface area contributed by atoms with Gasteiger partial charge in [0.25, 0.3) is 0 Å². The largest absolute Gasteiger partial charge is 0.488 e. The molecule has 2 aromatic rings. The van der Waals surface area contributed by atoms with Crippen molar-refractivity contribution in [3.8, 4) is 11.8 Å². The molecule has 0 aliphatic carbocycles. The number of hydrogen-bond donors (Lipinski definition) is 1. The molecule has 2 rings (SSSR count). The normalized spacial score (nSPS) is 11.0. The van der Waals surface area contributed by atoms with Crippen molar-refractivity contribution < 1.29 is 9.94 Å². The summed E-state index contributed by atoms with van der Waals surface area (Å²) in [5.74, 6) is 0.651. The average Bonchev–Trinajstić information content (AvgIpc) is 2.53. The van der Waals surface area contributed by atoms with Crippen LogP contribution in [0.15, 0.2) is 47.6 Å². The molecule has 0 saturated heterocycles. The molecule has 0 radical (unpaired) electrons. The molecule has 0 spiro atoms. The Morgan fingerprint density at radius 1 is 1.29 bits per heavy atom. The summed E-state index contributed by atoms with van der Waals surface area (Å²) in [5, 5.41) is 21.1. The lowest BCUT2D eigenvalue weighted by atomic mass is 10.1. The van der Waals surface area contributed by atoms with Crippen LogP contribution in [-0.4, -0.2) is 10.9 Å². The molecule has 0 atom stereocenters. The quantitative estimate of drug-likeness (QED) is 0.528. The van der Waals surface area contributed by atoms with Gasteiger partial charge in [0.2, 0.25) is 0 Å². The first-order valence-electron chi connectivity index (χ1n) is 6.55. The molecular weight excluding hydrogens is 264 g/mol. The maximum absolute atomic E-state index is 8.95. The number of nitrogens with zero attached hydrogens (tertiary/aromatic N) is 2. The van der Waals surface area contributed by atoms with Gasteiger partial charge in [-0.05, 0) is 43.7 Å². The standard InChI is InChI=1S/C17H16N2O2/c1-12-6-7-17(16(8-12)13(2)19-20)21-11-15-5-3-4-14(9-15)10-18/h3-9,20H,11H2,1-2H3/b19-13+. The van der Waals surface area contributed by atoms with Crippen LogP contribution >= 0.6 is 0 Å². The van der Waals surface area contributed by atoms with E-state index < -0.39 is 0 Å². The lowest BCUT2D eigenvalue weighted by molar-refractivity contribution is 0.303. The maximum Gasteiger partial charge on any atom is 0.128 e. The SMILES string of the molecule is C/C(=N\O)c1cc(C)ccc1OCc1cccc(C#N)c1.